The topological polar surface area (TPSA) is 71.3 Å². The summed E-state index contributed by atoms with van der Waals surface area (Å²) in [6.45, 7) is 1.99. The second kappa shape index (κ2) is 9.47. The molecule has 1 saturated heterocycles. The number of rotatable bonds is 5. The average molecular weight is 510 g/mol. The second-order valence-corrected chi connectivity index (χ2v) is 8.88. The fourth-order valence-electron chi connectivity index (χ4n) is 3.50. The van der Waals surface area contributed by atoms with Gasteiger partial charge in [0.25, 0.3) is 0 Å². The van der Waals surface area contributed by atoms with Crippen LogP contribution in [0.1, 0.15) is 18.7 Å². The van der Waals surface area contributed by atoms with Crippen molar-refractivity contribution in [2.75, 3.05) is 18.4 Å². The van der Waals surface area contributed by atoms with Crippen molar-refractivity contribution in [2.24, 2.45) is 5.92 Å². The molecule has 30 heavy (non-hydrogen) atoms. The molecule has 3 aromatic rings. The molecule has 0 spiro atoms. The Bertz CT molecular complexity index is 1060. The predicted molar refractivity (Wildman–Crippen MR) is 121 cm³/mol. The average Bonchev–Trinajstić information content (AvgIpc) is 3.18. The Hall–Kier alpha value is -1.93. The van der Waals surface area contributed by atoms with E-state index in [0.717, 1.165) is 29.5 Å². The highest BCUT2D eigenvalue weighted by Crippen LogP contribution is 2.29. The van der Waals surface area contributed by atoms with Gasteiger partial charge in [-0.3, -0.25) is 9.69 Å². The first kappa shape index (κ1) is 21.3. The smallest absolute Gasteiger partial charge is 0.241 e. The molecule has 6 nitrogen and oxygen atoms in total. The van der Waals surface area contributed by atoms with Gasteiger partial charge in [0, 0.05) is 21.6 Å². The molecule has 0 radical (unpaired) electrons. The van der Waals surface area contributed by atoms with Crippen molar-refractivity contribution in [3.05, 3.63) is 62.9 Å². The first-order chi connectivity index (χ1) is 14.5. The van der Waals surface area contributed by atoms with Crippen molar-refractivity contribution < 1.29 is 9.32 Å². The monoisotopic (exact) mass is 508 g/mol. The van der Waals surface area contributed by atoms with Crippen molar-refractivity contribution in [1.29, 1.82) is 0 Å². The van der Waals surface area contributed by atoms with Crippen LogP contribution in [0.25, 0.3) is 11.4 Å². The zero-order valence-corrected chi connectivity index (χ0v) is 19.0. The predicted octanol–water partition coefficient (Wildman–Crippen LogP) is 5.66. The van der Waals surface area contributed by atoms with Gasteiger partial charge in [0.05, 0.1) is 23.2 Å². The van der Waals surface area contributed by atoms with Crippen LogP contribution in [0.15, 0.2) is 51.5 Å². The molecule has 0 bridgehead atoms. The highest BCUT2D eigenvalue weighted by Gasteiger charge is 2.27. The number of anilines is 1. The van der Waals surface area contributed by atoms with Crippen LogP contribution in [0, 0.1) is 5.92 Å². The molecule has 2 aromatic carbocycles. The van der Waals surface area contributed by atoms with E-state index in [-0.39, 0.29) is 11.8 Å². The van der Waals surface area contributed by atoms with Crippen LogP contribution in [0.2, 0.25) is 10.0 Å². The van der Waals surface area contributed by atoms with Gasteiger partial charge in [-0.05, 0) is 65.6 Å². The Morgan fingerprint density at radius 3 is 2.90 bits per heavy atom. The maximum atomic E-state index is 12.7. The van der Waals surface area contributed by atoms with Gasteiger partial charge in [-0.2, -0.15) is 4.98 Å². The minimum Gasteiger partial charge on any atom is -0.338 e. The summed E-state index contributed by atoms with van der Waals surface area (Å²) in [6, 6.07) is 12.7. The molecule has 1 amide bonds. The quantitative estimate of drug-likeness (QED) is 0.480. The molecular weight excluding hydrogens is 491 g/mol. The summed E-state index contributed by atoms with van der Waals surface area (Å²) < 4.78 is 6.28. The van der Waals surface area contributed by atoms with Crippen LogP contribution in [0.4, 0.5) is 5.69 Å². The third-order valence-electron chi connectivity index (χ3n) is 5.01. The Kier molecular flexibility index (Phi) is 6.73. The number of aromatic nitrogens is 2. The Morgan fingerprint density at radius 2 is 2.10 bits per heavy atom. The molecule has 1 aliphatic rings. The zero-order valence-electron chi connectivity index (χ0n) is 15.9. The minimum atomic E-state index is -0.0982. The molecule has 1 fully saturated rings. The van der Waals surface area contributed by atoms with E-state index in [1.807, 2.05) is 24.3 Å². The van der Waals surface area contributed by atoms with Gasteiger partial charge < -0.3 is 9.84 Å². The lowest BCUT2D eigenvalue weighted by Gasteiger charge is -2.30. The van der Waals surface area contributed by atoms with E-state index >= 15 is 0 Å². The molecule has 1 N–H and O–H groups in total. The zero-order chi connectivity index (χ0) is 21.1. The second-order valence-electron chi connectivity index (χ2n) is 7.18. The van der Waals surface area contributed by atoms with E-state index in [0.29, 0.717) is 40.4 Å². The van der Waals surface area contributed by atoms with Crippen LogP contribution in [0.3, 0.4) is 0 Å². The van der Waals surface area contributed by atoms with E-state index in [1.165, 1.54) is 0 Å². The largest absolute Gasteiger partial charge is 0.338 e. The Morgan fingerprint density at radius 1 is 1.27 bits per heavy atom. The summed E-state index contributed by atoms with van der Waals surface area (Å²) in [5, 5.41) is 8.07. The summed E-state index contributed by atoms with van der Waals surface area (Å²) in [5.41, 5.74) is 1.45. The van der Waals surface area contributed by atoms with Crippen molar-refractivity contribution in [3.63, 3.8) is 0 Å². The third kappa shape index (κ3) is 5.03. The van der Waals surface area contributed by atoms with Gasteiger partial charge in [0.1, 0.15) is 0 Å². The lowest BCUT2D eigenvalue weighted by molar-refractivity contribution is -0.121. The van der Waals surface area contributed by atoms with Crippen LogP contribution < -0.4 is 5.32 Å². The maximum absolute atomic E-state index is 12.7. The van der Waals surface area contributed by atoms with Gasteiger partial charge >= 0.3 is 0 Å². The number of nitrogens with zero attached hydrogens (tertiary/aromatic N) is 3. The standard InChI is InChI=1S/C21H19BrCl2N4O2/c22-16-5-1-2-6-18(16)25-21(29)13-4-3-9-28(11-13)12-19-26-20(27-30-19)15-8-7-14(23)10-17(15)24/h1-2,5-8,10,13H,3-4,9,11-12H2,(H,25,29). The summed E-state index contributed by atoms with van der Waals surface area (Å²) in [6.07, 6.45) is 1.78. The van der Waals surface area contributed by atoms with Gasteiger partial charge in [-0.25, -0.2) is 0 Å². The number of halogens is 3. The minimum absolute atomic E-state index is 0.0192. The van der Waals surface area contributed by atoms with Crippen molar-refractivity contribution in [2.45, 2.75) is 19.4 Å². The van der Waals surface area contributed by atoms with E-state index in [2.05, 4.69) is 36.3 Å². The lowest BCUT2D eigenvalue weighted by atomic mass is 9.97. The number of amides is 1. The highest BCUT2D eigenvalue weighted by molar-refractivity contribution is 9.10. The van der Waals surface area contributed by atoms with Gasteiger partial charge in [-0.15, -0.1) is 0 Å². The van der Waals surface area contributed by atoms with Crippen molar-refractivity contribution in [3.8, 4) is 11.4 Å². The number of hydrogen-bond donors (Lipinski definition) is 1. The molecule has 156 valence electrons. The summed E-state index contributed by atoms with van der Waals surface area (Å²) >= 11 is 15.6. The Balaban J connectivity index is 1.39. The summed E-state index contributed by atoms with van der Waals surface area (Å²) in [7, 11) is 0. The molecule has 1 unspecified atom stereocenters. The highest BCUT2D eigenvalue weighted by atomic mass is 79.9. The summed E-state index contributed by atoms with van der Waals surface area (Å²) in [4.78, 5) is 19.4. The summed E-state index contributed by atoms with van der Waals surface area (Å²) in [5.74, 6) is 0.833. The number of benzene rings is 2. The number of carbonyl (C=O) groups excluding carboxylic acids is 1. The van der Waals surface area contributed by atoms with Crippen LogP contribution in [-0.2, 0) is 11.3 Å². The fraction of sp³-hybridized carbons (Fsp3) is 0.286. The number of piperidine rings is 1. The third-order valence-corrected chi connectivity index (χ3v) is 6.25. The molecule has 4 rings (SSSR count). The molecular formula is C21H19BrCl2N4O2. The van der Waals surface area contributed by atoms with Crippen LogP contribution >= 0.6 is 39.1 Å². The fourth-order valence-corrected chi connectivity index (χ4v) is 4.38. The van der Waals surface area contributed by atoms with E-state index in [1.54, 1.807) is 18.2 Å². The van der Waals surface area contributed by atoms with Crippen molar-refractivity contribution in [1.82, 2.24) is 15.0 Å². The van der Waals surface area contributed by atoms with Gasteiger partial charge in [-0.1, -0.05) is 40.5 Å². The molecule has 0 aliphatic carbocycles. The van der Waals surface area contributed by atoms with E-state index < -0.39 is 0 Å². The first-order valence-electron chi connectivity index (χ1n) is 9.55. The van der Waals surface area contributed by atoms with Crippen molar-refractivity contribution >= 4 is 50.7 Å². The molecule has 2 heterocycles. The number of nitrogens with one attached hydrogen (secondary N) is 1. The van der Waals surface area contributed by atoms with E-state index in [9.17, 15) is 4.79 Å². The molecule has 9 heteroatoms. The number of para-hydroxylation sites is 1. The molecule has 0 saturated carbocycles. The van der Waals surface area contributed by atoms with Crippen LogP contribution in [0.5, 0.6) is 0 Å². The van der Waals surface area contributed by atoms with E-state index in [4.69, 9.17) is 27.7 Å². The Labute approximate surface area is 192 Å². The molecule has 1 aromatic heterocycles. The molecule has 1 atom stereocenters. The molecule has 1 aliphatic heterocycles. The van der Waals surface area contributed by atoms with Crippen LogP contribution in [-0.4, -0.2) is 34.0 Å². The first-order valence-corrected chi connectivity index (χ1v) is 11.1. The normalized spacial score (nSPS) is 17.1. The number of likely N-dealkylation sites (tertiary alicyclic amines) is 1. The number of carbonyl (C=O) groups is 1. The number of hydrogen-bond acceptors (Lipinski definition) is 5. The van der Waals surface area contributed by atoms with Gasteiger partial charge in [0.15, 0.2) is 0 Å². The lowest BCUT2D eigenvalue weighted by Crippen LogP contribution is -2.40. The van der Waals surface area contributed by atoms with Gasteiger partial charge in [0.2, 0.25) is 17.6 Å². The maximum Gasteiger partial charge on any atom is 0.241 e. The SMILES string of the molecule is O=C(Nc1ccccc1Br)C1CCCN(Cc2nc(-c3ccc(Cl)cc3Cl)no2)C1.